The molecule has 0 bridgehead atoms. The van der Waals surface area contributed by atoms with Crippen molar-refractivity contribution in [1.29, 1.82) is 0 Å². The molecule has 1 saturated heterocycles. The predicted octanol–water partition coefficient (Wildman–Crippen LogP) is 1.56. The van der Waals surface area contributed by atoms with Gasteiger partial charge < -0.3 is 20.7 Å². The van der Waals surface area contributed by atoms with Crippen LogP contribution >= 0.6 is 0 Å². The molecule has 1 fully saturated rings. The van der Waals surface area contributed by atoms with Crippen molar-refractivity contribution in [3.63, 3.8) is 0 Å². The van der Waals surface area contributed by atoms with Crippen LogP contribution in [-0.2, 0) is 4.74 Å². The van der Waals surface area contributed by atoms with Crippen LogP contribution in [0.5, 0.6) is 0 Å². The fraction of sp³-hybridized carbons (Fsp3) is 0.400. The van der Waals surface area contributed by atoms with Crippen molar-refractivity contribution in [3.8, 4) is 0 Å². The van der Waals surface area contributed by atoms with Gasteiger partial charge in [-0.15, -0.1) is 0 Å². The Bertz CT molecular complexity index is 601. The number of likely N-dealkylation sites (N-methyl/N-ethyl adjacent to an activating group) is 1. The topological polar surface area (TPSA) is 63.4 Å². The summed E-state index contributed by atoms with van der Waals surface area (Å²) in [5.41, 5.74) is 7.95. The lowest BCUT2D eigenvalue weighted by Crippen LogP contribution is -2.43. The SMILES string of the molecule is CN1CCOC(CNc2ccc3cnccc3c2N)C1. The zero-order valence-electron chi connectivity index (χ0n) is 11.7. The van der Waals surface area contributed by atoms with E-state index in [9.17, 15) is 0 Å². The molecule has 20 heavy (non-hydrogen) atoms. The zero-order chi connectivity index (χ0) is 13.9. The average Bonchev–Trinajstić information content (AvgIpc) is 2.47. The minimum absolute atomic E-state index is 0.210. The van der Waals surface area contributed by atoms with Gasteiger partial charge in [0.15, 0.2) is 0 Å². The number of hydrogen-bond acceptors (Lipinski definition) is 5. The molecule has 3 N–H and O–H groups in total. The van der Waals surface area contributed by atoms with Crippen molar-refractivity contribution in [2.45, 2.75) is 6.10 Å². The second-order valence-electron chi connectivity index (χ2n) is 5.26. The summed E-state index contributed by atoms with van der Waals surface area (Å²) in [5, 5.41) is 5.49. The molecule has 0 saturated carbocycles. The van der Waals surface area contributed by atoms with Gasteiger partial charge in [-0.25, -0.2) is 0 Å². The van der Waals surface area contributed by atoms with Gasteiger partial charge in [0.25, 0.3) is 0 Å². The van der Waals surface area contributed by atoms with Gasteiger partial charge in [0.1, 0.15) is 0 Å². The van der Waals surface area contributed by atoms with E-state index in [1.165, 1.54) is 0 Å². The van der Waals surface area contributed by atoms with Crippen LogP contribution in [0.25, 0.3) is 10.8 Å². The number of benzene rings is 1. The van der Waals surface area contributed by atoms with Gasteiger partial charge >= 0.3 is 0 Å². The molecule has 106 valence electrons. The molecule has 3 rings (SSSR count). The minimum Gasteiger partial charge on any atom is -0.397 e. The maximum absolute atomic E-state index is 6.22. The summed E-state index contributed by atoms with van der Waals surface area (Å²) in [6.45, 7) is 3.51. The molecule has 0 aliphatic carbocycles. The van der Waals surface area contributed by atoms with Gasteiger partial charge in [-0.3, -0.25) is 4.98 Å². The first kappa shape index (κ1) is 13.1. The largest absolute Gasteiger partial charge is 0.397 e. The lowest BCUT2D eigenvalue weighted by molar-refractivity contribution is -0.0117. The molecule has 1 aromatic carbocycles. The van der Waals surface area contributed by atoms with Gasteiger partial charge in [-0.1, -0.05) is 6.07 Å². The number of morpholine rings is 1. The highest BCUT2D eigenvalue weighted by atomic mass is 16.5. The molecule has 0 spiro atoms. The summed E-state index contributed by atoms with van der Waals surface area (Å²) in [7, 11) is 2.12. The van der Waals surface area contributed by atoms with Crippen LogP contribution in [0.1, 0.15) is 0 Å². The second-order valence-corrected chi connectivity index (χ2v) is 5.26. The predicted molar refractivity (Wildman–Crippen MR) is 81.9 cm³/mol. The Balaban J connectivity index is 1.72. The number of aromatic nitrogens is 1. The Morgan fingerprint density at radius 1 is 1.45 bits per heavy atom. The fourth-order valence-electron chi connectivity index (χ4n) is 2.56. The summed E-state index contributed by atoms with van der Waals surface area (Å²) in [5.74, 6) is 0. The van der Waals surface area contributed by atoms with E-state index in [-0.39, 0.29) is 6.10 Å². The molecule has 2 aromatic rings. The van der Waals surface area contributed by atoms with E-state index in [1.54, 1.807) is 6.20 Å². The number of nitrogens with two attached hydrogens (primary N) is 1. The van der Waals surface area contributed by atoms with E-state index in [0.717, 1.165) is 48.4 Å². The van der Waals surface area contributed by atoms with E-state index < -0.39 is 0 Å². The maximum atomic E-state index is 6.22. The number of nitrogen functional groups attached to an aromatic ring is 1. The first-order chi connectivity index (χ1) is 9.74. The number of fused-ring (bicyclic) bond motifs is 1. The normalized spacial score (nSPS) is 20.1. The quantitative estimate of drug-likeness (QED) is 0.830. The molecule has 1 aromatic heterocycles. The number of hydrogen-bond donors (Lipinski definition) is 2. The highest BCUT2D eigenvalue weighted by Gasteiger charge is 2.17. The number of nitrogens with zero attached hydrogens (tertiary/aromatic N) is 2. The first-order valence-electron chi connectivity index (χ1n) is 6.90. The summed E-state index contributed by atoms with van der Waals surface area (Å²) in [4.78, 5) is 6.39. The van der Waals surface area contributed by atoms with Gasteiger partial charge in [0, 0.05) is 42.8 Å². The van der Waals surface area contributed by atoms with Crippen molar-refractivity contribution >= 4 is 22.1 Å². The van der Waals surface area contributed by atoms with Gasteiger partial charge in [0.2, 0.25) is 0 Å². The number of anilines is 2. The van der Waals surface area contributed by atoms with Gasteiger partial charge in [0.05, 0.1) is 24.1 Å². The number of ether oxygens (including phenoxy) is 1. The summed E-state index contributed by atoms with van der Waals surface area (Å²) < 4.78 is 5.74. The molecule has 1 aliphatic rings. The van der Waals surface area contributed by atoms with Crippen LogP contribution in [0, 0.1) is 0 Å². The Labute approximate surface area is 118 Å². The summed E-state index contributed by atoms with van der Waals surface area (Å²) >= 11 is 0. The summed E-state index contributed by atoms with van der Waals surface area (Å²) in [6.07, 6.45) is 3.80. The fourth-order valence-corrected chi connectivity index (χ4v) is 2.56. The molecular weight excluding hydrogens is 252 g/mol. The number of pyridine rings is 1. The van der Waals surface area contributed by atoms with E-state index >= 15 is 0 Å². The van der Waals surface area contributed by atoms with Gasteiger partial charge in [-0.2, -0.15) is 0 Å². The van der Waals surface area contributed by atoms with Crippen molar-refractivity contribution in [1.82, 2.24) is 9.88 Å². The molecule has 2 heterocycles. The zero-order valence-corrected chi connectivity index (χ0v) is 11.7. The molecule has 1 aliphatic heterocycles. The third kappa shape index (κ3) is 2.69. The van der Waals surface area contributed by atoms with Gasteiger partial charge in [-0.05, 0) is 19.2 Å². The maximum Gasteiger partial charge on any atom is 0.0874 e. The molecule has 0 radical (unpaired) electrons. The summed E-state index contributed by atoms with van der Waals surface area (Å²) in [6, 6.07) is 5.99. The van der Waals surface area contributed by atoms with Crippen LogP contribution in [0.4, 0.5) is 11.4 Å². The van der Waals surface area contributed by atoms with E-state index in [2.05, 4.69) is 22.2 Å². The highest BCUT2D eigenvalue weighted by molar-refractivity contribution is 5.98. The van der Waals surface area contributed by atoms with Crippen LogP contribution in [-0.4, -0.2) is 49.3 Å². The monoisotopic (exact) mass is 272 g/mol. The Kier molecular flexibility index (Phi) is 3.71. The lowest BCUT2D eigenvalue weighted by atomic mass is 10.1. The van der Waals surface area contributed by atoms with Crippen molar-refractivity contribution in [2.24, 2.45) is 0 Å². The highest BCUT2D eigenvalue weighted by Crippen LogP contribution is 2.28. The van der Waals surface area contributed by atoms with Crippen molar-refractivity contribution < 1.29 is 4.74 Å². The standard InChI is InChI=1S/C15H20N4O/c1-19-6-7-20-12(10-19)9-18-14-3-2-11-8-17-5-4-13(11)15(14)16/h2-5,8,12,18H,6-7,9-10,16H2,1H3. The number of nitrogens with one attached hydrogen (secondary N) is 1. The van der Waals surface area contributed by atoms with E-state index in [1.807, 2.05) is 24.4 Å². The Morgan fingerprint density at radius 2 is 2.35 bits per heavy atom. The molecule has 0 amide bonds. The third-order valence-electron chi connectivity index (χ3n) is 3.72. The average molecular weight is 272 g/mol. The van der Waals surface area contributed by atoms with E-state index in [4.69, 9.17) is 10.5 Å². The molecule has 5 nitrogen and oxygen atoms in total. The molecule has 5 heteroatoms. The Hall–Kier alpha value is -1.85. The lowest BCUT2D eigenvalue weighted by Gasteiger charge is -2.30. The van der Waals surface area contributed by atoms with Crippen LogP contribution < -0.4 is 11.1 Å². The third-order valence-corrected chi connectivity index (χ3v) is 3.72. The van der Waals surface area contributed by atoms with Crippen LogP contribution in [0.15, 0.2) is 30.6 Å². The van der Waals surface area contributed by atoms with Crippen LogP contribution in [0.3, 0.4) is 0 Å². The second kappa shape index (κ2) is 5.64. The minimum atomic E-state index is 0.210. The number of rotatable bonds is 3. The smallest absolute Gasteiger partial charge is 0.0874 e. The molecule has 1 atom stereocenters. The van der Waals surface area contributed by atoms with E-state index in [0.29, 0.717) is 0 Å². The molecular formula is C15H20N4O. The Morgan fingerprint density at radius 3 is 3.20 bits per heavy atom. The van der Waals surface area contributed by atoms with Crippen molar-refractivity contribution in [2.75, 3.05) is 44.3 Å². The van der Waals surface area contributed by atoms with Crippen LogP contribution in [0.2, 0.25) is 0 Å². The first-order valence-corrected chi connectivity index (χ1v) is 6.90. The molecule has 1 unspecified atom stereocenters. The van der Waals surface area contributed by atoms with Crippen molar-refractivity contribution in [3.05, 3.63) is 30.6 Å².